The van der Waals surface area contributed by atoms with Crippen LogP contribution in [0.25, 0.3) is 0 Å². The zero-order valence-corrected chi connectivity index (χ0v) is 17.8. The highest BCUT2D eigenvalue weighted by Gasteiger charge is 2.45. The number of piperidine rings is 1. The number of esters is 1. The van der Waals surface area contributed by atoms with Crippen molar-refractivity contribution in [3.8, 4) is 17.2 Å². The highest BCUT2D eigenvalue weighted by atomic mass is 16.5. The molecule has 0 aromatic heterocycles. The summed E-state index contributed by atoms with van der Waals surface area (Å²) in [6, 6.07) is 2.56. The lowest BCUT2D eigenvalue weighted by Crippen LogP contribution is -2.48. The molecule has 2 aliphatic heterocycles. The fraction of sp³-hybridized carbons (Fsp3) is 0.571. The van der Waals surface area contributed by atoms with Crippen LogP contribution in [0.3, 0.4) is 0 Å². The Morgan fingerprint density at radius 2 is 1.77 bits per heavy atom. The number of amides is 2. The van der Waals surface area contributed by atoms with Crippen molar-refractivity contribution in [3.05, 3.63) is 12.1 Å². The summed E-state index contributed by atoms with van der Waals surface area (Å²) >= 11 is 0. The molecule has 3 rings (SSSR count). The highest BCUT2D eigenvalue weighted by Crippen LogP contribution is 2.42. The number of likely N-dealkylation sites (tertiary alicyclic amines) is 1. The normalized spacial score (nSPS) is 22.2. The van der Waals surface area contributed by atoms with Crippen molar-refractivity contribution >= 4 is 23.5 Å². The Morgan fingerprint density at radius 3 is 2.33 bits per heavy atom. The molecule has 1 aromatic rings. The van der Waals surface area contributed by atoms with E-state index in [9.17, 15) is 14.4 Å². The van der Waals surface area contributed by atoms with Crippen LogP contribution in [0.4, 0.5) is 5.69 Å². The van der Waals surface area contributed by atoms with Crippen molar-refractivity contribution in [1.82, 2.24) is 4.90 Å². The van der Waals surface area contributed by atoms with Crippen LogP contribution in [0.1, 0.15) is 26.2 Å². The highest BCUT2D eigenvalue weighted by molar-refractivity contribution is 6.22. The van der Waals surface area contributed by atoms with Crippen molar-refractivity contribution in [3.63, 3.8) is 0 Å². The second-order valence-corrected chi connectivity index (χ2v) is 7.26. The van der Waals surface area contributed by atoms with Gasteiger partial charge in [0.15, 0.2) is 11.5 Å². The van der Waals surface area contributed by atoms with Crippen LogP contribution >= 0.6 is 0 Å². The Kier molecular flexibility index (Phi) is 6.81. The summed E-state index contributed by atoms with van der Waals surface area (Å²) < 4.78 is 21.1. The SMILES string of the molecule is CCOC(=O)C1CCCN(C2CC(=O)N(c3cc(OC)c(OC)c(OC)c3)C2=O)C1. The van der Waals surface area contributed by atoms with Crippen molar-refractivity contribution < 1.29 is 33.3 Å². The summed E-state index contributed by atoms with van der Waals surface area (Å²) in [4.78, 5) is 41.2. The van der Waals surface area contributed by atoms with Crippen molar-refractivity contribution in [2.75, 3.05) is 45.9 Å². The molecule has 164 valence electrons. The average Bonchev–Trinajstić information content (AvgIpc) is 3.06. The van der Waals surface area contributed by atoms with Gasteiger partial charge in [0, 0.05) is 18.7 Å². The minimum atomic E-state index is -0.603. The first-order valence-electron chi connectivity index (χ1n) is 10.0. The fourth-order valence-electron chi connectivity index (χ4n) is 4.11. The Bertz CT molecular complexity index is 801. The third-order valence-corrected chi connectivity index (χ3v) is 5.54. The summed E-state index contributed by atoms with van der Waals surface area (Å²) in [6.45, 7) is 3.16. The monoisotopic (exact) mass is 420 g/mol. The molecule has 0 saturated carbocycles. The Labute approximate surface area is 175 Å². The van der Waals surface area contributed by atoms with Crippen LogP contribution in [-0.4, -0.2) is 69.8 Å². The van der Waals surface area contributed by atoms with E-state index in [4.69, 9.17) is 18.9 Å². The number of nitrogens with zero attached hydrogens (tertiary/aromatic N) is 2. The van der Waals surface area contributed by atoms with Gasteiger partial charge in [-0.1, -0.05) is 0 Å². The quantitative estimate of drug-likeness (QED) is 0.485. The van der Waals surface area contributed by atoms with Gasteiger partial charge in [-0.05, 0) is 26.3 Å². The molecule has 2 saturated heterocycles. The van der Waals surface area contributed by atoms with Crippen LogP contribution in [-0.2, 0) is 19.1 Å². The lowest BCUT2D eigenvalue weighted by molar-refractivity contribution is -0.150. The number of benzene rings is 1. The molecule has 0 aliphatic carbocycles. The number of imide groups is 1. The molecular weight excluding hydrogens is 392 g/mol. The maximum Gasteiger partial charge on any atom is 0.310 e. The summed E-state index contributed by atoms with van der Waals surface area (Å²) in [5.74, 6) is -0.0613. The van der Waals surface area contributed by atoms with E-state index in [1.165, 1.54) is 21.3 Å². The molecule has 0 N–H and O–H groups in total. The van der Waals surface area contributed by atoms with E-state index in [0.717, 1.165) is 17.7 Å². The molecule has 2 unspecified atom stereocenters. The maximum atomic E-state index is 13.2. The number of ether oxygens (including phenoxy) is 4. The number of carbonyl (C=O) groups excluding carboxylic acids is 3. The molecule has 9 heteroatoms. The first-order valence-corrected chi connectivity index (χ1v) is 10.0. The first-order chi connectivity index (χ1) is 14.4. The minimum Gasteiger partial charge on any atom is -0.493 e. The van der Waals surface area contributed by atoms with E-state index in [2.05, 4.69) is 0 Å². The first kappa shape index (κ1) is 21.9. The van der Waals surface area contributed by atoms with E-state index < -0.39 is 6.04 Å². The molecule has 2 aliphatic rings. The third-order valence-electron chi connectivity index (χ3n) is 5.54. The zero-order chi connectivity index (χ0) is 21.8. The predicted octanol–water partition coefficient (Wildman–Crippen LogP) is 1.62. The van der Waals surface area contributed by atoms with E-state index in [0.29, 0.717) is 42.6 Å². The number of methoxy groups -OCH3 is 3. The molecule has 9 nitrogen and oxygen atoms in total. The second-order valence-electron chi connectivity index (χ2n) is 7.26. The number of carbonyl (C=O) groups is 3. The van der Waals surface area contributed by atoms with Crippen molar-refractivity contribution in [2.45, 2.75) is 32.2 Å². The average molecular weight is 420 g/mol. The number of anilines is 1. The molecule has 1 aromatic carbocycles. The van der Waals surface area contributed by atoms with Gasteiger partial charge in [-0.15, -0.1) is 0 Å². The van der Waals surface area contributed by atoms with Gasteiger partial charge in [0.05, 0.1) is 52.0 Å². The number of hydrogen-bond acceptors (Lipinski definition) is 8. The third kappa shape index (κ3) is 4.07. The lowest BCUT2D eigenvalue weighted by atomic mass is 9.96. The van der Waals surface area contributed by atoms with Crippen molar-refractivity contribution in [1.29, 1.82) is 0 Å². The van der Waals surface area contributed by atoms with Crippen LogP contribution < -0.4 is 19.1 Å². The van der Waals surface area contributed by atoms with E-state index >= 15 is 0 Å². The lowest BCUT2D eigenvalue weighted by Gasteiger charge is -2.34. The number of rotatable bonds is 7. The standard InChI is InChI=1S/C21H28N2O7/c1-5-30-21(26)13-7-6-8-22(12-13)15-11-18(24)23(20(15)25)14-9-16(27-2)19(29-4)17(10-14)28-3/h9-10,13,15H,5-8,11-12H2,1-4H3. The number of hydrogen-bond donors (Lipinski definition) is 0. The van der Waals surface area contributed by atoms with Crippen LogP contribution in [0.15, 0.2) is 12.1 Å². The van der Waals surface area contributed by atoms with Gasteiger partial charge in [0.2, 0.25) is 11.7 Å². The molecule has 0 spiro atoms. The molecule has 2 amide bonds. The van der Waals surface area contributed by atoms with Gasteiger partial charge in [-0.25, -0.2) is 4.90 Å². The van der Waals surface area contributed by atoms with Crippen LogP contribution in [0.5, 0.6) is 17.2 Å². The largest absolute Gasteiger partial charge is 0.493 e. The van der Waals surface area contributed by atoms with Gasteiger partial charge in [0.25, 0.3) is 5.91 Å². The zero-order valence-electron chi connectivity index (χ0n) is 17.8. The molecule has 2 atom stereocenters. The van der Waals surface area contributed by atoms with E-state index in [1.54, 1.807) is 19.1 Å². The van der Waals surface area contributed by atoms with Gasteiger partial charge >= 0.3 is 5.97 Å². The summed E-state index contributed by atoms with van der Waals surface area (Å²) in [5, 5.41) is 0. The predicted molar refractivity (Wildman–Crippen MR) is 108 cm³/mol. The van der Waals surface area contributed by atoms with E-state index in [1.807, 2.05) is 4.90 Å². The molecule has 0 bridgehead atoms. The van der Waals surface area contributed by atoms with Gasteiger partial charge in [-0.3, -0.25) is 19.3 Å². The fourth-order valence-corrected chi connectivity index (χ4v) is 4.11. The molecule has 0 radical (unpaired) electrons. The van der Waals surface area contributed by atoms with Gasteiger partial charge in [0.1, 0.15) is 0 Å². The second kappa shape index (κ2) is 9.34. The topological polar surface area (TPSA) is 94.6 Å². The summed E-state index contributed by atoms with van der Waals surface area (Å²) in [5.41, 5.74) is 0.362. The smallest absolute Gasteiger partial charge is 0.310 e. The molecule has 2 fully saturated rings. The molecular formula is C21H28N2O7. The molecule has 2 heterocycles. The maximum absolute atomic E-state index is 13.2. The van der Waals surface area contributed by atoms with Gasteiger partial charge in [-0.2, -0.15) is 0 Å². The minimum absolute atomic E-state index is 0.0606. The van der Waals surface area contributed by atoms with Crippen LogP contribution in [0, 0.1) is 5.92 Å². The summed E-state index contributed by atoms with van der Waals surface area (Å²) in [6.07, 6.45) is 1.55. The van der Waals surface area contributed by atoms with Crippen molar-refractivity contribution in [2.24, 2.45) is 5.92 Å². The molecule has 30 heavy (non-hydrogen) atoms. The Balaban J connectivity index is 1.84. The Hall–Kier alpha value is -2.81. The van der Waals surface area contributed by atoms with Crippen LogP contribution in [0.2, 0.25) is 0 Å². The summed E-state index contributed by atoms with van der Waals surface area (Å²) in [7, 11) is 4.43. The van der Waals surface area contributed by atoms with E-state index in [-0.39, 0.29) is 30.1 Å². The Morgan fingerprint density at radius 1 is 1.10 bits per heavy atom. The van der Waals surface area contributed by atoms with Gasteiger partial charge < -0.3 is 18.9 Å².